The predicted octanol–water partition coefficient (Wildman–Crippen LogP) is 2.31. The molecule has 1 N–H and O–H groups in total. The maximum atomic E-state index is 13.4. The van der Waals surface area contributed by atoms with Crippen molar-refractivity contribution in [2.24, 2.45) is 0 Å². The summed E-state index contributed by atoms with van der Waals surface area (Å²) in [6.07, 6.45) is 2.06. The van der Waals surface area contributed by atoms with Gasteiger partial charge in [0, 0.05) is 6.42 Å². The Bertz CT molecular complexity index is 594. The van der Waals surface area contributed by atoms with E-state index in [1.807, 2.05) is 0 Å². The summed E-state index contributed by atoms with van der Waals surface area (Å²) in [7, 11) is 1.40. The number of rotatable bonds is 5. The zero-order chi connectivity index (χ0) is 13.8. The molecular weight excluding hydrogens is 253 g/mol. The SMILES string of the molecule is COc1ccc(CCc2ncc(C(=O)O)o2)cc1F. The molecule has 0 saturated carbocycles. The zero-order valence-corrected chi connectivity index (χ0v) is 10.2. The number of carboxylic acid groups (broad SMARTS) is 1. The fourth-order valence-electron chi connectivity index (χ4n) is 1.64. The molecule has 0 aliphatic carbocycles. The van der Waals surface area contributed by atoms with Gasteiger partial charge in [0.2, 0.25) is 5.76 Å². The largest absolute Gasteiger partial charge is 0.494 e. The monoisotopic (exact) mass is 265 g/mol. The summed E-state index contributed by atoms with van der Waals surface area (Å²) in [6, 6.07) is 4.66. The van der Waals surface area contributed by atoms with Crippen LogP contribution >= 0.6 is 0 Å². The van der Waals surface area contributed by atoms with E-state index in [-0.39, 0.29) is 11.5 Å². The van der Waals surface area contributed by atoms with Crippen molar-refractivity contribution in [1.29, 1.82) is 0 Å². The van der Waals surface area contributed by atoms with Gasteiger partial charge in [0.1, 0.15) is 0 Å². The van der Waals surface area contributed by atoms with Gasteiger partial charge in [0.05, 0.1) is 13.3 Å². The lowest BCUT2D eigenvalue weighted by molar-refractivity contribution is 0.0660. The van der Waals surface area contributed by atoms with Gasteiger partial charge in [-0.25, -0.2) is 14.2 Å². The maximum Gasteiger partial charge on any atom is 0.373 e. The molecule has 2 rings (SSSR count). The Hall–Kier alpha value is -2.37. The minimum absolute atomic E-state index is 0.188. The van der Waals surface area contributed by atoms with E-state index in [9.17, 15) is 9.18 Å². The molecule has 0 fully saturated rings. The molecule has 0 saturated heterocycles. The van der Waals surface area contributed by atoms with E-state index in [1.54, 1.807) is 12.1 Å². The fourth-order valence-corrected chi connectivity index (χ4v) is 1.64. The third kappa shape index (κ3) is 3.09. The van der Waals surface area contributed by atoms with Crippen LogP contribution in [0.2, 0.25) is 0 Å². The van der Waals surface area contributed by atoms with Crippen molar-refractivity contribution >= 4 is 5.97 Å². The van der Waals surface area contributed by atoms with Crippen molar-refractivity contribution in [3.63, 3.8) is 0 Å². The van der Waals surface area contributed by atoms with E-state index in [0.717, 1.165) is 11.8 Å². The number of hydrogen-bond acceptors (Lipinski definition) is 4. The van der Waals surface area contributed by atoms with E-state index >= 15 is 0 Å². The average Bonchev–Trinajstić information content (AvgIpc) is 2.85. The molecule has 5 nitrogen and oxygen atoms in total. The molecule has 0 aliphatic rings. The molecule has 1 aromatic heterocycles. The number of carboxylic acids is 1. The molecule has 0 unspecified atom stereocenters. The highest BCUT2D eigenvalue weighted by atomic mass is 19.1. The van der Waals surface area contributed by atoms with Crippen LogP contribution in [0.3, 0.4) is 0 Å². The second-order valence-corrected chi connectivity index (χ2v) is 3.89. The summed E-state index contributed by atoms with van der Waals surface area (Å²) in [4.78, 5) is 14.4. The van der Waals surface area contributed by atoms with Crippen molar-refractivity contribution in [2.45, 2.75) is 12.8 Å². The number of halogens is 1. The number of aromatic carboxylic acids is 1. The third-order valence-corrected chi connectivity index (χ3v) is 2.61. The lowest BCUT2D eigenvalue weighted by Gasteiger charge is -2.04. The van der Waals surface area contributed by atoms with Crippen LogP contribution in [0.1, 0.15) is 22.0 Å². The van der Waals surface area contributed by atoms with Crippen molar-refractivity contribution in [1.82, 2.24) is 4.98 Å². The Morgan fingerprint density at radius 3 is 2.84 bits per heavy atom. The summed E-state index contributed by atoms with van der Waals surface area (Å²) < 4.78 is 23.3. The highest BCUT2D eigenvalue weighted by Gasteiger charge is 2.11. The number of aryl methyl sites for hydroxylation is 2. The highest BCUT2D eigenvalue weighted by Crippen LogP contribution is 2.18. The van der Waals surface area contributed by atoms with E-state index < -0.39 is 11.8 Å². The lowest BCUT2D eigenvalue weighted by atomic mass is 10.1. The molecule has 19 heavy (non-hydrogen) atoms. The Morgan fingerprint density at radius 2 is 2.26 bits per heavy atom. The van der Waals surface area contributed by atoms with Crippen LogP contribution in [0, 0.1) is 5.82 Å². The molecular formula is C13H12FNO4. The fraction of sp³-hybridized carbons (Fsp3) is 0.231. The van der Waals surface area contributed by atoms with Crippen molar-refractivity contribution in [3.8, 4) is 5.75 Å². The number of aromatic nitrogens is 1. The third-order valence-electron chi connectivity index (χ3n) is 2.61. The van der Waals surface area contributed by atoms with Crippen LogP contribution in [0.25, 0.3) is 0 Å². The van der Waals surface area contributed by atoms with Gasteiger partial charge in [-0.2, -0.15) is 0 Å². The Balaban J connectivity index is 2.01. The molecule has 0 aliphatic heterocycles. The molecule has 0 atom stereocenters. The first-order valence-corrected chi connectivity index (χ1v) is 5.60. The zero-order valence-electron chi connectivity index (χ0n) is 10.2. The Labute approximate surface area is 108 Å². The van der Waals surface area contributed by atoms with Gasteiger partial charge in [-0.1, -0.05) is 6.07 Å². The molecule has 0 radical (unpaired) electrons. The average molecular weight is 265 g/mol. The molecule has 0 bridgehead atoms. The van der Waals surface area contributed by atoms with Gasteiger partial charge in [0.25, 0.3) is 0 Å². The van der Waals surface area contributed by atoms with Crippen molar-refractivity contribution < 1.29 is 23.4 Å². The molecule has 0 spiro atoms. The first kappa shape index (κ1) is 13.1. The predicted molar refractivity (Wildman–Crippen MR) is 63.8 cm³/mol. The summed E-state index contributed by atoms with van der Waals surface area (Å²) in [5.74, 6) is -1.29. The van der Waals surface area contributed by atoms with Crippen LogP contribution in [-0.4, -0.2) is 23.2 Å². The van der Waals surface area contributed by atoms with Gasteiger partial charge in [-0.15, -0.1) is 0 Å². The second-order valence-electron chi connectivity index (χ2n) is 3.89. The minimum Gasteiger partial charge on any atom is -0.494 e. The van der Waals surface area contributed by atoms with Crippen molar-refractivity contribution in [2.75, 3.05) is 7.11 Å². The van der Waals surface area contributed by atoms with Crippen LogP contribution in [0.5, 0.6) is 5.75 Å². The van der Waals surface area contributed by atoms with Crippen LogP contribution < -0.4 is 4.74 Å². The molecule has 2 aromatic rings. The number of carbonyl (C=O) groups is 1. The standard InChI is InChI=1S/C13H12FNO4/c1-18-10-4-2-8(6-9(10)14)3-5-12-15-7-11(19-12)13(16)17/h2,4,6-7H,3,5H2,1H3,(H,16,17). The summed E-state index contributed by atoms with van der Waals surface area (Å²) in [5.41, 5.74) is 0.758. The lowest BCUT2D eigenvalue weighted by Crippen LogP contribution is -1.95. The number of ether oxygens (including phenoxy) is 1. The van der Waals surface area contributed by atoms with E-state index in [4.69, 9.17) is 14.3 Å². The van der Waals surface area contributed by atoms with E-state index in [2.05, 4.69) is 4.98 Å². The van der Waals surface area contributed by atoms with Crippen molar-refractivity contribution in [3.05, 3.63) is 47.4 Å². The molecule has 1 heterocycles. The molecule has 1 aromatic carbocycles. The maximum absolute atomic E-state index is 13.4. The number of nitrogens with zero attached hydrogens (tertiary/aromatic N) is 1. The summed E-state index contributed by atoms with van der Waals surface area (Å²) >= 11 is 0. The van der Waals surface area contributed by atoms with E-state index in [0.29, 0.717) is 18.7 Å². The van der Waals surface area contributed by atoms with Crippen LogP contribution in [0.4, 0.5) is 4.39 Å². The first-order valence-electron chi connectivity index (χ1n) is 5.60. The second kappa shape index (κ2) is 5.51. The Kier molecular flexibility index (Phi) is 3.79. The van der Waals surface area contributed by atoms with Gasteiger partial charge >= 0.3 is 5.97 Å². The smallest absolute Gasteiger partial charge is 0.373 e. The quantitative estimate of drug-likeness (QED) is 0.898. The van der Waals surface area contributed by atoms with Crippen LogP contribution in [0.15, 0.2) is 28.8 Å². The highest BCUT2D eigenvalue weighted by molar-refractivity contribution is 5.83. The molecule has 0 amide bonds. The van der Waals surface area contributed by atoms with Gasteiger partial charge in [-0.05, 0) is 24.1 Å². The summed E-state index contributed by atoms with van der Waals surface area (Å²) in [6.45, 7) is 0. The number of hydrogen-bond donors (Lipinski definition) is 1. The topological polar surface area (TPSA) is 72.6 Å². The Morgan fingerprint density at radius 1 is 1.47 bits per heavy atom. The number of oxazole rings is 1. The minimum atomic E-state index is -1.16. The van der Waals surface area contributed by atoms with E-state index in [1.165, 1.54) is 13.2 Å². The normalized spacial score (nSPS) is 10.4. The van der Waals surface area contributed by atoms with Gasteiger partial charge in [0.15, 0.2) is 17.5 Å². The van der Waals surface area contributed by atoms with Crippen LogP contribution in [-0.2, 0) is 12.8 Å². The first-order chi connectivity index (χ1) is 9.10. The van der Waals surface area contributed by atoms with Gasteiger partial charge < -0.3 is 14.3 Å². The summed E-state index contributed by atoms with van der Waals surface area (Å²) in [5, 5.41) is 8.68. The number of benzene rings is 1. The number of methoxy groups -OCH3 is 1. The molecule has 6 heteroatoms. The molecule has 100 valence electrons. The van der Waals surface area contributed by atoms with Gasteiger partial charge in [-0.3, -0.25) is 0 Å².